The van der Waals surface area contributed by atoms with E-state index in [4.69, 9.17) is 15.2 Å². The number of nitrogens with zero attached hydrogens (tertiary/aromatic N) is 2. The Labute approximate surface area is 427 Å². The molecule has 8 atom stereocenters. The molecule has 0 radical (unpaired) electrons. The van der Waals surface area contributed by atoms with Gasteiger partial charge in [0.1, 0.15) is 30.5 Å². The summed E-state index contributed by atoms with van der Waals surface area (Å²) >= 11 is 0. The number of aliphatic hydroxyl groups is 2. The average Bonchev–Trinajstić information content (AvgIpc) is 4.01. The summed E-state index contributed by atoms with van der Waals surface area (Å²) in [6.07, 6.45) is 0.908. The van der Waals surface area contributed by atoms with E-state index < -0.39 is 121 Å². The number of aliphatic carboxylic acids is 1. The highest BCUT2D eigenvalue weighted by atomic mass is 16.5. The van der Waals surface area contributed by atoms with E-state index in [9.17, 15) is 58.8 Å². The third kappa shape index (κ3) is 17.5. The van der Waals surface area contributed by atoms with Crippen LogP contribution in [-0.4, -0.2) is 167 Å². The van der Waals surface area contributed by atoms with E-state index in [1.165, 1.54) is 35.9 Å². The van der Waals surface area contributed by atoms with Crippen molar-refractivity contribution < 1.29 is 68.3 Å². The van der Waals surface area contributed by atoms with Crippen LogP contribution in [0.15, 0.2) is 54.6 Å². The van der Waals surface area contributed by atoms with E-state index in [2.05, 4.69) is 16.0 Å². The standard InChI is InChI=1S/C53H76N6O14/c1-31(2)24-41(55-47(65)30-73-23-22-72-21-19-54)45(63)28-40(33(5)61)49(66)57-48(32(3)4)46(64)27-37(29-60)51(68)59-20-9-12-43(59)52(69)58(6)44(26-36-16-15-35-10-7-8-11-39(35)36)50(67)56-42(53(70)71)25-34-13-17-38(62)18-14-34/h7-8,10-11,13-14,16-18,31-33,37,40-44,48,60-62H,9,12,15,19-30,54H2,1-6H3,(H,55,65)(H,56,67)(H,57,66)(H,70,71)/t33?,37?,40?,41-,42?,43?,44?,48-/m0/s1. The highest BCUT2D eigenvalue weighted by Crippen LogP contribution is 2.33. The molecule has 4 rings (SSSR count). The van der Waals surface area contributed by atoms with Crippen LogP contribution < -0.4 is 21.7 Å². The van der Waals surface area contributed by atoms with Gasteiger partial charge in [-0.05, 0) is 78.8 Å². The van der Waals surface area contributed by atoms with Crippen molar-refractivity contribution in [2.24, 2.45) is 29.4 Å². The molecule has 0 bridgehead atoms. The Hall–Kier alpha value is -6.06. The predicted octanol–water partition coefficient (Wildman–Crippen LogP) is 1.54. The molecule has 0 saturated carbocycles. The van der Waals surface area contributed by atoms with Gasteiger partial charge in [0.15, 0.2) is 11.6 Å². The van der Waals surface area contributed by atoms with Crippen molar-refractivity contribution in [2.75, 3.05) is 53.2 Å². The first-order chi connectivity index (χ1) is 34.7. The van der Waals surface area contributed by atoms with Gasteiger partial charge in [-0.3, -0.25) is 33.6 Å². The molecule has 2 aromatic carbocycles. The number of phenols is 1. The molecule has 2 aliphatic rings. The molecule has 20 heteroatoms. The van der Waals surface area contributed by atoms with Crippen molar-refractivity contribution in [2.45, 2.75) is 122 Å². The van der Waals surface area contributed by atoms with Crippen molar-refractivity contribution >= 4 is 52.6 Å². The summed E-state index contributed by atoms with van der Waals surface area (Å²) in [6.45, 7) is 8.36. The van der Waals surface area contributed by atoms with E-state index in [0.717, 1.165) is 16.7 Å². The molecule has 6 unspecified atom stereocenters. The van der Waals surface area contributed by atoms with E-state index >= 15 is 0 Å². The van der Waals surface area contributed by atoms with Crippen molar-refractivity contribution in [1.82, 2.24) is 25.8 Å². The molecule has 0 aromatic heterocycles. The fourth-order valence-corrected chi connectivity index (χ4v) is 9.17. The molecule has 1 heterocycles. The lowest BCUT2D eigenvalue weighted by molar-refractivity contribution is -0.150. The fraction of sp³-hybridized carbons (Fsp3) is 0.585. The number of phenolic OH excluding ortho intramolecular Hbond substituents is 1. The van der Waals surface area contributed by atoms with Crippen LogP contribution in [0.1, 0.15) is 89.8 Å². The number of aromatic hydroxyl groups is 1. The number of rotatable bonds is 31. The zero-order chi connectivity index (χ0) is 53.9. The monoisotopic (exact) mass is 1020 g/mol. The van der Waals surface area contributed by atoms with Gasteiger partial charge in [-0.2, -0.15) is 0 Å². The number of likely N-dealkylation sites (N-methyl/N-ethyl adjacent to an activating group) is 1. The van der Waals surface area contributed by atoms with Crippen LogP contribution in [0.4, 0.5) is 0 Å². The topological polar surface area (TPSA) is 305 Å². The third-order valence-corrected chi connectivity index (χ3v) is 13.2. The molecule has 1 saturated heterocycles. The van der Waals surface area contributed by atoms with E-state index in [1.807, 2.05) is 44.2 Å². The zero-order valence-corrected chi connectivity index (χ0v) is 42.9. The number of likely N-dealkylation sites (tertiary alicyclic amines) is 1. The zero-order valence-electron chi connectivity index (χ0n) is 42.9. The number of ether oxygens (including phenoxy) is 2. The number of carbonyl (C=O) groups is 8. The fourth-order valence-electron chi connectivity index (χ4n) is 9.17. The van der Waals surface area contributed by atoms with Crippen molar-refractivity contribution in [3.8, 4) is 5.75 Å². The maximum atomic E-state index is 14.6. The van der Waals surface area contributed by atoms with Gasteiger partial charge in [0, 0.05) is 45.8 Å². The number of carboxylic acids is 1. The van der Waals surface area contributed by atoms with E-state index in [0.29, 0.717) is 31.6 Å². The lowest BCUT2D eigenvalue weighted by Crippen LogP contribution is -2.56. The van der Waals surface area contributed by atoms with Gasteiger partial charge in [0.2, 0.25) is 29.5 Å². The Morgan fingerprint density at radius 2 is 1.52 bits per heavy atom. The van der Waals surface area contributed by atoms with Gasteiger partial charge in [0.25, 0.3) is 0 Å². The molecule has 1 aliphatic carbocycles. The molecule has 2 aromatic rings. The SMILES string of the molecule is CC(C)C[C@H](NC(=O)COCCOCCN)C(=O)CC(C(=O)N[C@H](C(=O)CC(CO)C(=O)N1CCCC1C(=O)N(C)C(CC1=CCc2ccccc21)C(=O)NC(Cc1ccc(O)cc1)C(=O)O)C(C)C)C(C)O. The maximum absolute atomic E-state index is 14.6. The average molecular weight is 1020 g/mol. The molecule has 9 N–H and O–H groups in total. The molecule has 73 heavy (non-hydrogen) atoms. The van der Waals surface area contributed by atoms with Crippen molar-refractivity contribution in [1.29, 1.82) is 0 Å². The van der Waals surface area contributed by atoms with Crippen molar-refractivity contribution in [3.63, 3.8) is 0 Å². The Morgan fingerprint density at radius 1 is 0.836 bits per heavy atom. The number of aliphatic hydroxyl groups excluding tert-OH is 2. The Morgan fingerprint density at radius 3 is 2.15 bits per heavy atom. The van der Waals surface area contributed by atoms with Crippen LogP contribution in [0.2, 0.25) is 0 Å². The minimum atomic E-state index is -1.40. The van der Waals surface area contributed by atoms with Crippen LogP contribution in [0, 0.1) is 23.7 Å². The summed E-state index contributed by atoms with van der Waals surface area (Å²) < 4.78 is 10.6. The minimum Gasteiger partial charge on any atom is -0.508 e. The van der Waals surface area contributed by atoms with Crippen LogP contribution in [0.5, 0.6) is 5.75 Å². The van der Waals surface area contributed by atoms with E-state index in [-0.39, 0.29) is 63.7 Å². The Balaban J connectivity index is 1.47. The summed E-state index contributed by atoms with van der Waals surface area (Å²) in [5.41, 5.74) is 8.62. The van der Waals surface area contributed by atoms with Crippen LogP contribution in [-0.2, 0) is 60.7 Å². The number of carbonyl (C=O) groups excluding carboxylic acids is 7. The second-order valence-corrected chi connectivity index (χ2v) is 19.7. The quantitative estimate of drug-likeness (QED) is 0.0497. The lowest BCUT2D eigenvalue weighted by atomic mass is 9.88. The Bertz CT molecular complexity index is 2250. The molecule has 5 amide bonds. The molecule has 1 fully saturated rings. The molecule has 0 spiro atoms. The third-order valence-electron chi connectivity index (χ3n) is 13.2. The Kier molecular flexibility index (Phi) is 23.6. The number of carboxylic acid groups (broad SMARTS) is 1. The number of nitrogens with two attached hydrogens (primary N) is 1. The molecular weight excluding hydrogens is 945 g/mol. The number of allylic oxidation sites excluding steroid dienone is 1. The van der Waals surface area contributed by atoms with Crippen molar-refractivity contribution in [3.05, 3.63) is 71.3 Å². The first-order valence-electron chi connectivity index (χ1n) is 25.1. The lowest BCUT2D eigenvalue weighted by Gasteiger charge is -2.34. The van der Waals surface area contributed by atoms with Crippen LogP contribution in [0.25, 0.3) is 5.57 Å². The number of Topliss-reactive ketones (excluding diaryl/α,β-unsaturated/α-hetero) is 2. The van der Waals surface area contributed by atoms with Gasteiger partial charge in [-0.1, -0.05) is 70.2 Å². The largest absolute Gasteiger partial charge is 0.508 e. The number of benzene rings is 2. The number of fused-ring (bicyclic) bond motifs is 1. The number of nitrogens with one attached hydrogen (secondary N) is 3. The minimum absolute atomic E-state index is 0.0142. The van der Waals surface area contributed by atoms with Gasteiger partial charge in [-0.25, -0.2) is 4.79 Å². The summed E-state index contributed by atoms with van der Waals surface area (Å²) in [6, 6.07) is 7.54. The number of amides is 5. The van der Waals surface area contributed by atoms with Crippen LogP contribution >= 0.6 is 0 Å². The second kappa shape index (κ2) is 29.0. The van der Waals surface area contributed by atoms with Gasteiger partial charge >= 0.3 is 5.97 Å². The predicted molar refractivity (Wildman–Crippen MR) is 269 cm³/mol. The summed E-state index contributed by atoms with van der Waals surface area (Å²) in [4.78, 5) is 112. The number of hydrogen-bond acceptors (Lipinski definition) is 14. The first-order valence-corrected chi connectivity index (χ1v) is 25.1. The molecular formula is C53H76N6O14. The normalized spacial score (nSPS) is 17.1. The number of hydrogen-bond donors (Lipinski definition) is 8. The van der Waals surface area contributed by atoms with E-state index in [1.54, 1.807) is 26.0 Å². The van der Waals surface area contributed by atoms with Crippen LogP contribution in [0.3, 0.4) is 0 Å². The second-order valence-electron chi connectivity index (χ2n) is 19.7. The van der Waals surface area contributed by atoms with Gasteiger partial charge in [0.05, 0.1) is 56.5 Å². The summed E-state index contributed by atoms with van der Waals surface area (Å²) in [5.74, 6) is -9.13. The summed E-state index contributed by atoms with van der Waals surface area (Å²) in [5, 5.41) is 49.2. The number of ketones is 2. The first kappa shape index (κ1) is 59.5. The van der Waals surface area contributed by atoms with Gasteiger partial charge in [-0.15, -0.1) is 0 Å². The molecule has 20 nitrogen and oxygen atoms in total. The smallest absolute Gasteiger partial charge is 0.326 e. The highest BCUT2D eigenvalue weighted by Gasteiger charge is 2.43. The molecule has 1 aliphatic heterocycles. The summed E-state index contributed by atoms with van der Waals surface area (Å²) in [7, 11) is 1.42. The maximum Gasteiger partial charge on any atom is 0.326 e. The highest BCUT2D eigenvalue weighted by molar-refractivity contribution is 5.98. The van der Waals surface area contributed by atoms with Gasteiger partial charge < -0.3 is 61.4 Å². The molecule has 402 valence electrons.